The molecule has 1 amide bonds. The number of hydrogen-bond acceptors (Lipinski definition) is 8. The van der Waals surface area contributed by atoms with Gasteiger partial charge in [-0.2, -0.15) is 9.97 Å². The molecule has 0 aliphatic carbocycles. The number of ether oxygens (including phenoxy) is 1. The lowest BCUT2D eigenvalue weighted by atomic mass is 10.2. The highest BCUT2D eigenvalue weighted by molar-refractivity contribution is 5.99. The summed E-state index contributed by atoms with van der Waals surface area (Å²) in [6, 6.07) is 13.4. The molecule has 2 aromatic carbocycles. The zero-order valence-corrected chi connectivity index (χ0v) is 21.6. The summed E-state index contributed by atoms with van der Waals surface area (Å²) >= 11 is 0. The van der Waals surface area contributed by atoms with Crippen LogP contribution in [0.2, 0.25) is 0 Å². The summed E-state index contributed by atoms with van der Waals surface area (Å²) in [5.74, 6) is -0.232. The van der Waals surface area contributed by atoms with E-state index < -0.39 is 0 Å². The first-order valence-electron chi connectivity index (χ1n) is 12.4. The van der Waals surface area contributed by atoms with E-state index in [0.29, 0.717) is 33.8 Å². The van der Waals surface area contributed by atoms with E-state index in [2.05, 4.69) is 39.1 Å². The molecule has 39 heavy (non-hydrogen) atoms. The Bertz CT molecular complexity index is 1560. The van der Waals surface area contributed by atoms with Gasteiger partial charge in [0.05, 0.1) is 11.1 Å². The first kappa shape index (κ1) is 25.9. The molecule has 10 nitrogen and oxygen atoms in total. The highest BCUT2D eigenvalue weighted by atomic mass is 19.1. The third-order valence-corrected chi connectivity index (χ3v) is 6.40. The van der Waals surface area contributed by atoms with Crippen molar-refractivity contribution in [3.8, 4) is 11.6 Å². The number of anilines is 4. The lowest BCUT2D eigenvalue weighted by Gasteiger charge is -2.34. The summed E-state index contributed by atoms with van der Waals surface area (Å²) < 4.78 is 22.5. The molecule has 0 spiro atoms. The van der Waals surface area contributed by atoms with Crippen LogP contribution in [-0.4, -0.2) is 64.5 Å². The molecule has 1 fully saturated rings. The molecule has 5 rings (SSSR count). The molecule has 11 heteroatoms. The van der Waals surface area contributed by atoms with Crippen LogP contribution in [-0.2, 0) is 4.79 Å². The third-order valence-electron chi connectivity index (χ3n) is 6.40. The van der Waals surface area contributed by atoms with Gasteiger partial charge in [-0.3, -0.25) is 14.2 Å². The molecule has 4 aromatic rings. The van der Waals surface area contributed by atoms with E-state index in [9.17, 15) is 9.59 Å². The lowest BCUT2D eigenvalue weighted by Crippen LogP contribution is -2.44. The van der Waals surface area contributed by atoms with Gasteiger partial charge in [0, 0.05) is 56.7 Å². The molecule has 0 bridgehead atoms. The smallest absolute Gasteiger partial charge is 0.247 e. The van der Waals surface area contributed by atoms with Crippen molar-refractivity contribution in [2.45, 2.75) is 6.92 Å². The summed E-state index contributed by atoms with van der Waals surface area (Å²) in [4.78, 5) is 37.2. The molecule has 1 aliphatic rings. The van der Waals surface area contributed by atoms with Crippen LogP contribution in [0.15, 0.2) is 67.4 Å². The quantitative estimate of drug-likeness (QED) is 0.334. The van der Waals surface area contributed by atoms with Gasteiger partial charge in [-0.1, -0.05) is 12.6 Å². The minimum atomic E-state index is -0.354. The van der Waals surface area contributed by atoms with Gasteiger partial charge < -0.3 is 25.2 Å². The SMILES string of the molecule is C=CC(=O)Nc1cccc(Oc2nc(Nc3ccc(N4CCN(C)CC4)c(F)c3)nc3c2ccn3C(C)=O)c1. The van der Waals surface area contributed by atoms with Gasteiger partial charge in [0.2, 0.25) is 23.6 Å². The van der Waals surface area contributed by atoms with E-state index >= 15 is 4.39 Å². The molecular formula is C28H28FN7O3. The standard InChI is InChI=1S/C28H28FN7O3/c1-4-25(38)30-19-6-5-7-21(16-19)39-27-22-10-11-36(18(2)37)26(22)32-28(33-27)31-20-8-9-24(23(29)17-20)35-14-12-34(3)13-15-35/h4-11,16-17H,1,12-15H2,2-3H3,(H,30,38)(H,31,32,33). The lowest BCUT2D eigenvalue weighted by molar-refractivity contribution is -0.111. The fraction of sp³-hybridized carbons (Fsp3) is 0.214. The van der Waals surface area contributed by atoms with Gasteiger partial charge in [0.15, 0.2) is 5.65 Å². The summed E-state index contributed by atoms with van der Waals surface area (Å²) in [5.41, 5.74) is 1.84. The van der Waals surface area contributed by atoms with Crippen molar-refractivity contribution in [1.82, 2.24) is 19.4 Å². The number of piperazine rings is 1. The molecule has 2 aromatic heterocycles. The van der Waals surface area contributed by atoms with Crippen LogP contribution in [0.1, 0.15) is 11.7 Å². The molecule has 0 saturated carbocycles. The van der Waals surface area contributed by atoms with Crippen LogP contribution < -0.4 is 20.3 Å². The maximum Gasteiger partial charge on any atom is 0.247 e. The summed E-state index contributed by atoms with van der Waals surface area (Å²) in [6.45, 7) is 8.12. The number of likely N-dealkylation sites (N-methyl/N-ethyl adjacent to an activating group) is 1. The average Bonchev–Trinajstić information content (AvgIpc) is 3.34. The highest BCUT2D eigenvalue weighted by Crippen LogP contribution is 2.32. The fourth-order valence-corrected chi connectivity index (χ4v) is 4.33. The second kappa shape index (κ2) is 10.9. The molecule has 0 unspecified atom stereocenters. The van der Waals surface area contributed by atoms with Crippen LogP contribution in [0.3, 0.4) is 0 Å². The van der Waals surface area contributed by atoms with Crippen LogP contribution in [0.25, 0.3) is 11.0 Å². The number of rotatable bonds is 7. The number of nitrogens with zero attached hydrogens (tertiary/aromatic N) is 5. The monoisotopic (exact) mass is 529 g/mol. The Kier molecular flexibility index (Phi) is 7.24. The van der Waals surface area contributed by atoms with Crippen molar-refractivity contribution >= 4 is 45.9 Å². The summed E-state index contributed by atoms with van der Waals surface area (Å²) in [7, 11) is 2.05. The Labute approximate surface area is 224 Å². The summed E-state index contributed by atoms with van der Waals surface area (Å²) in [5, 5.41) is 6.23. The molecule has 0 atom stereocenters. The predicted octanol–water partition coefficient (Wildman–Crippen LogP) is 4.64. The number of amides is 1. The highest BCUT2D eigenvalue weighted by Gasteiger charge is 2.19. The molecule has 2 N–H and O–H groups in total. The van der Waals surface area contributed by atoms with Crippen LogP contribution in [0.5, 0.6) is 11.6 Å². The third kappa shape index (κ3) is 5.73. The Hall–Kier alpha value is -4.77. The minimum absolute atomic E-state index is 0.126. The molecule has 1 aliphatic heterocycles. The Balaban J connectivity index is 1.45. The molecule has 200 valence electrons. The van der Waals surface area contributed by atoms with Gasteiger partial charge in [-0.05, 0) is 49.5 Å². The van der Waals surface area contributed by atoms with Crippen LogP contribution in [0.4, 0.5) is 27.4 Å². The molecule has 3 heterocycles. The van der Waals surface area contributed by atoms with E-state index in [-0.39, 0.29) is 29.5 Å². The topological polar surface area (TPSA) is 105 Å². The number of fused-ring (bicyclic) bond motifs is 1. The maximum absolute atomic E-state index is 15.1. The van der Waals surface area contributed by atoms with E-state index in [1.54, 1.807) is 48.7 Å². The van der Waals surface area contributed by atoms with E-state index in [1.807, 2.05) is 4.90 Å². The van der Waals surface area contributed by atoms with E-state index in [4.69, 9.17) is 4.74 Å². The second-order valence-electron chi connectivity index (χ2n) is 9.20. The Morgan fingerprint density at radius 3 is 2.56 bits per heavy atom. The number of carbonyl (C=O) groups is 2. The largest absolute Gasteiger partial charge is 0.438 e. The maximum atomic E-state index is 15.1. The number of benzene rings is 2. The fourth-order valence-electron chi connectivity index (χ4n) is 4.33. The van der Waals surface area contributed by atoms with Crippen molar-refractivity contribution < 1.29 is 18.7 Å². The van der Waals surface area contributed by atoms with Gasteiger partial charge in [0.25, 0.3) is 0 Å². The Morgan fingerprint density at radius 1 is 1.05 bits per heavy atom. The van der Waals surface area contributed by atoms with Gasteiger partial charge >= 0.3 is 0 Å². The van der Waals surface area contributed by atoms with Crippen molar-refractivity contribution in [3.63, 3.8) is 0 Å². The van der Waals surface area contributed by atoms with Crippen molar-refractivity contribution in [1.29, 1.82) is 0 Å². The number of carbonyl (C=O) groups excluding carboxylic acids is 2. The van der Waals surface area contributed by atoms with Gasteiger partial charge in [0.1, 0.15) is 11.6 Å². The van der Waals surface area contributed by atoms with Crippen LogP contribution in [0, 0.1) is 5.82 Å². The minimum Gasteiger partial charge on any atom is -0.438 e. The molecule has 1 saturated heterocycles. The van der Waals surface area contributed by atoms with Crippen molar-refractivity contribution in [2.75, 3.05) is 48.8 Å². The van der Waals surface area contributed by atoms with Crippen LogP contribution >= 0.6 is 0 Å². The Morgan fingerprint density at radius 2 is 1.85 bits per heavy atom. The van der Waals surface area contributed by atoms with E-state index in [0.717, 1.165) is 26.2 Å². The van der Waals surface area contributed by atoms with Gasteiger partial charge in [-0.15, -0.1) is 0 Å². The number of halogens is 1. The summed E-state index contributed by atoms with van der Waals surface area (Å²) in [6.07, 6.45) is 2.76. The van der Waals surface area contributed by atoms with Gasteiger partial charge in [-0.25, -0.2) is 4.39 Å². The average molecular weight is 530 g/mol. The molecule has 0 radical (unpaired) electrons. The zero-order chi connectivity index (χ0) is 27.5. The normalized spacial score (nSPS) is 13.8. The number of aromatic nitrogens is 3. The predicted molar refractivity (Wildman–Crippen MR) is 149 cm³/mol. The van der Waals surface area contributed by atoms with Crippen molar-refractivity contribution in [2.24, 2.45) is 0 Å². The zero-order valence-electron chi connectivity index (χ0n) is 21.6. The number of hydrogen-bond donors (Lipinski definition) is 2. The van der Waals surface area contributed by atoms with Crippen molar-refractivity contribution in [3.05, 3.63) is 73.2 Å². The first-order chi connectivity index (χ1) is 18.8. The first-order valence-corrected chi connectivity index (χ1v) is 12.4. The number of nitrogens with one attached hydrogen (secondary N) is 2. The van der Waals surface area contributed by atoms with E-state index in [1.165, 1.54) is 23.6 Å². The molecular weight excluding hydrogens is 501 g/mol. The second-order valence-corrected chi connectivity index (χ2v) is 9.20.